The molecule has 186 valence electrons. The molecule has 0 spiro atoms. The van der Waals surface area contributed by atoms with Crippen LogP contribution in [0.3, 0.4) is 0 Å². The van der Waals surface area contributed by atoms with Crippen LogP contribution in [-0.2, 0) is 0 Å². The summed E-state index contributed by atoms with van der Waals surface area (Å²) in [5.41, 5.74) is 1.03. The number of fused-ring (bicyclic) bond motifs is 1. The summed E-state index contributed by atoms with van der Waals surface area (Å²) in [6.07, 6.45) is 1.12. The average molecular weight is 498 g/mol. The number of benzene rings is 3. The van der Waals surface area contributed by atoms with Crippen LogP contribution in [0.25, 0.3) is 0 Å². The van der Waals surface area contributed by atoms with Crippen molar-refractivity contribution in [2.24, 2.45) is 5.92 Å². The van der Waals surface area contributed by atoms with E-state index in [2.05, 4.69) is 18.7 Å². The number of hydrogen-bond acceptors (Lipinski definition) is 6. The van der Waals surface area contributed by atoms with Gasteiger partial charge in [0.25, 0.3) is 0 Å². The SMILES string of the molecule is C[C@@H]1CCN([C@@H](C)COc2ccc([C@H]3CSc4c(ccc(O)c4F)O3)cc2)C1.Oc1ccccc1. The Morgan fingerprint density at radius 1 is 1.09 bits per heavy atom. The molecule has 2 aliphatic heterocycles. The summed E-state index contributed by atoms with van der Waals surface area (Å²) in [4.78, 5) is 2.86. The highest BCUT2D eigenvalue weighted by molar-refractivity contribution is 7.99. The number of likely N-dealkylation sites (tertiary alicyclic amines) is 1. The molecule has 3 aromatic rings. The van der Waals surface area contributed by atoms with Crippen molar-refractivity contribution in [1.29, 1.82) is 0 Å². The Bertz CT molecular complexity index is 1100. The van der Waals surface area contributed by atoms with Gasteiger partial charge in [-0.3, -0.25) is 4.90 Å². The summed E-state index contributed by atoms with van der Waals surface area (Å²) in [6.45, 7) is 7.50. The van der Waals surface area contributed by atoms with E-state index >= 15 is 0 Å². The van der Waals surface area contributed by atoms with Crippen LogP contribution in [0.15, 0.2) is 71.6 Å². The Morgan fingerprint density at radius 3 is 2.46 bits per heavy atom. The molecule has 0 radical (unpaired) electrons. The summed E-state index contributed by atoms with van der Waals surface area (Å²) < 4.78 is 25.9. The molecule has 0 bridgehead atoms. The molecule has 0 saturated carbocycles. The first-order valence-corrected chi connectivity index (χ1v) is 12.9. The zero-order valence-corrected chi connectivity index (χ0v) is 20.9. The van der Waals surface area contributed by atoms with E-state index in [-0.39, 0.29) is 11.9 Å². The minimum atomic E-state index is -0.605. The fraction of sp³-hybridized carbons (Fsp3) is 0.357. The van der Waals surface area contributed by atoms with Crippen LogP contribution in [0.4, 0.5) is 4.39 Å². The van der Waals surface area contributed by atoms with E-state index in [1.165, 1.54) is 24.2 Å². The normalized spacial score (nSPS) is 20.2. The van der Waals surface area contributed by atoms with Crippen molar-refractivity contribution in [3.63, 3.8) is 0 Å². The van der Waals surface area contributed by atoms with Crippen molar-refractivity contribution >= 4 is 11.8 Å². The number of nitrogens with zero attached hydrogens (tertiary/aromatic N) is 1. The summed E-state index contributed by atoms with van der Waals surface area (Å²) >= 11 is 1.37. The van der Waals surface area contributed by atoms with Crippen molar-refractivity contribution in [2.45, 2.75) is 37.3 Å². The highest BCUT2D eigenvalue weighted by Gasteiger charge is 2.26. The highest BCUT2D eigenvalue weighted by atomic mass is 32.2. The molecule has 1 saturated heterocycles. The lowest BCUT2D eigenvalue weighted by molar-refractivity contribution is 0.169. The summed E-state index contributed by atoms with van der Waals surface area (Å²) in [6, 6.07) is 20.0. The van der Waals surface area contributed by atoms with Crippen LogP contribution in [0.5, 0.6) is 23.0 Å². The number of phenolic OH excluding ortho intramolecular Hbond substituents is 2. The topological polar surface area (TPSA) is 62.2 Å². The van der Waals surface area contributed by atoms with Crippen molar-refractivity contribution in [3.05, 3.63) is 78.1 Å². The Balaban J connectivity index is 0.000000356. The lowest BCUT2D eigenvalue weighted by Crippen LogP contribution is -2.35. The summed E-state index contributed by atoms with van der Waals surface area (Å²) in [7, 11) is 0. The third-order valence-electron chi connectivity index (χ3n) is 6.27. The Labute approximate surface area is 210 Å². The molecule has 0 unspecified atom stereocenters. The lowest BCUT2D eigenvalue weighted by atomic mass is 10.1. The molecule has 2 N–H and O–H groups in total. The van der Waals surface area contributed by atoms with Gasteiger partial charge in [0.2, 0.25) is 0 Å². The van der Waals surface area contributed by atoms with Gasteiger partial charge in [0.15, 0.2) is 11.6 Å². The van der Waals surface area contributed by atoms with Crippen LogP contribution in [0, 0.1) is 11.7 Å². The Hall–Kier alpha value is -2.90. The zero-order chi connectivity index (χ0) is 24.8. The Kier molecular flexibility index (Phi) is 8.42. The molecule has 0 aliphatic carbocycles. The van der Waals surface area contributed by atoms with Gasteiger partial charge in [-0.1, -0.05) is 37.3 Å². The van der Waals surface area contributed by atoms with Crippen LogP contribution in [0.2, 0.25) is 0 Å². The molecule has 3 aromatic carbocycles. The van der Waals surface area contributed by atoms with Crippen LogP contribution >= 0.6 is 11.8 Å². The fourth-order valence-corrected chi connectivity index (χ4v) is 5.23. The second-order valence-electron chi connectivity index (χ2n) is 9.10. The predicted molar refractivity (Wildman–Crippen MR) is 137 cm³/mol. The van der Waals surface area contributed by atoms with Gasteiger partial charge < -0.3 is 19.7 Å². The van der Waals surface area contributed by atoms with Crippen LogP contribution in [-0.4, -0.2) is 46.6 Å². The van der Waals surface area contributed by atoms with Crippen LogP contribution < -0.4 is 9.47 Å². The second-order valence-corrected chi connectivity index (χ2v) is 10.1. The largest absolute Gasteiger partial charge is 0.508 e. The number of halogens is 1. The van der Waals surface area contributed by atoms with Gasteiger partial charge in [0.05, 0.1) is 4.90 Å². The first kappa shape index (κ1) is 25.2. The monoisotopic (exact) mass is 497 g/mol. The van der Waals surface area contributed by atoms with Crippen molar-refractivity contribution in [1.82, 2.24) is 4.90 Å². The Morgan fingerprint density at radius 2 is 1.83 bits per heavy atom. The predicted octanol–water partition coefficient (Wildman–Crippen LogP) is 6.26. The molecule has 2 aliphatic rings. The lowest BCUT2D eigenvalue weighted by Gasteiger charge is -2.26. The number of hydrogen-bond donors (Lipinski definition) is 2. The maximum Gasteiger partial charge on any atom is 0.182 e. The molecule has 1 fully saturated rings. The maximum atomic E-state index is 14.0. The number of rotatable bonds is 5. The van der Waals surface area contributed by atoms with Crippen molar-refractivity contribution in [3.8, 4) is 23.0 Å². The molecule has 0 amide bonds. The first-order chi connectivity index (χ1) is 16.9. The van der Waals surface area contributed by atoms with E-state index < -0.39 is 5.82 Å². The number of aromatic hydroxyl groups is 2. The fourth-order valence-electron chi connectivity index (χ4n) is 4.16. The third kappa shape index (κ3) is 6.61. The molecule has 5 rings (SSSR count). The number of thioether (sulfide) groups is 1. The number of phenols is 2. The molecular weight excluding hydrogens is 465 g/mol. The van der Waals surface area contributed by atoms with E-state index in [9.17, 15) is 9.50 Å². The minimum absolute atomic E-state index is 0.152. The molecule has 0 aromatic heterocycles. The minimum Gasteiger partial charge on any atom is -0.508 e. The quantitative estimate of drug-likeness (QED) is 0.434. The highest BCUT2D eigenvalue weighted by Crippen LogP contribution is 2.44. The smallest absolute Gasteiger partial charge is 0.182 e. The first-order valence-electron chi connectivity index (χ1n) is 11.9. The van der Waals surface area contributed by atoms with E-state index in [0.29, 0.717) is 34.8 Å². The number of para-hydroxylation sites is 1. The second kappa shape index (κ2) is 11.7. The van der Waals surface area contributed by atoms with Gasteiger partial charge in [-0.2, -0.15) is 0 Å². The summed E-state index contributed by atoms with van der Waals surface area (Å²) in [5.74, 6) is 2.07. The van der Waals surface area contributed by atoms with Gasteiger partial charge in [0.1, 0.15) is 30.0 Å². The van der Waals surface area contributed by atoms with E-state index in [0.717, 1.165) is 30.3 Å². The van der Waals surface area contributed by atoms with Crippen LogP contribution in [0.1, 0.15) is 31.9 Å². The van der Waals surface area contributed by atoms with Crippen molar-refractivity contribution < 1.29 is 24.1 Å². The number of ether oxygens (including phenoxy) is 2. The van der Waals surface area contributed by atoms with Gasteiger partial charge in [0, 0.05) is 18.3 Å². The molecule has 7 heteroatoms. The van der Waals surface area contributed by atoms with E-state index in [1.807, 2.05) is 30.3 Å². The van der Waals surface area contributed by atoms with Gasteiger partial charge >= 0.3 is 0 Å². The molecule has 2 heterocycles. The third-order valence-corrected chi connectivity index (χ3v) is 7.41. The molecule has 3 atom stereocenters. The summed E-state index contributed by atoms with van der Waals surface area (Å²) in [5, 5.41) is 18.1. The van der Waals surface area contributed by atoms with Gasteiger partial charge in [-0.15, -0.1) is 11.8 Å². The van der Waals surface area contributed by atoms with Crippen molar-refractivity contribution in [2.75, 3.05) is 25.4 Å². The zero-order valence-electron chi connectivity index (χ0n) is 20.1. The van der Waals surface area contributed by atoms with Gasteiger partial charge in [-0.05, 0) is 67.8 Å². The standard InChI is InChI=1S/C22H26FNO3S.C6H6O/c1-14-9-10-24(11-14)15(2)12-26-17-5-3-16(4-6-17)20-13-28-22-19(27-20)8-7-18(25)21(22)23;7-6-4-2-1-3-5-6/h3-8,14-15,20,25H,9-13H2,1-2H3;1-5,7H/t14-,15+,20-;/m1./s1. The van der Waals surface area contributed by atoms with E-state index in [1.54, 1.807) is 30.3 Å². The van der Waals surface area contributed by atoms with Gasteiger partial charge in [-0.25, -0.2) is 4.39 Å². The maximum absolute atomic E-state index is 14.0. The average Bonchev–Trinajstić information content (AvgIpc) is 3.32. The van der Waals surface area contributed by atoms with E-state index in [4.69, 9.17) is 14.6 Å². The molecular formula is C28H32FNO4S. The molecule has 5 nitrogen and oxygen atoms in total. The molecule has 35 heavy (non-hydrogen) atoms.